The summed E-state index contributed by atoms with van der Waals surface area (Å²) < 4.78 is 24.9. The minimum absolute atomic E-state index is 0.300. The molecule has 0 aromatic heterocycles. The van der Waals surface area contributed by atoms with Crippen molar-refractivity contribution >= 4 is 32.4 Å². The molecule has 0 bridgehead atoms. The van der Waals surface area contributed by atoms with E-state index in [1.165, 1.54) is 0 Å². The molecule has 3 nitrogen and oxygen atoms in total. The van der Waals surface area contributed by atoms with Gasteiger partial charge in [0.1, 0.15) is 0 Å². The summed E-state index contributed by atoms with van der Waals surface area (Å²) >= 11 is 1.52. The molecule has 0 spiro atoms. The number of hydrogen-bond donors (Lipinski definition) is 0. The molecule has 0 aliphatic heterocycles. The van der Waals surface area contributed by atoms with E-state index in [9.17, 15) is 0 Å². The fraction of sp³-hybridized carbons (Fsp3) is 0. The van der Waals surface area contributed by atoms with E-state index in [-0.39, 0.29) is 0 Å². The summed E-state index contributed by atoms with van der Waals surface area (Å²) in [5, 5.41) is 0. The Balaban J connectivity index is -0.0000000225. The van der Waals surface area contributed by atoms with Crippen molar-refractivity contribution in [2.24, 2.45) is 0 Å². The normalized spacial score (nSPS) is 1.50. The third-order valence-corrected chi connectivity index (χ3v) is 0. The van der Waals surface area contributed by atoms with Crippen LogP contribution in [0.25, 0.3) is 0 Å². The van der Waals surface area contributed by atoms with Gasteiger partial charge in [0.2, 0.25) is 0 Å². The Morgan fingerprint density at radius 1 is 0.833 bits per heavy atom. The number of hydrogen-bond acceptors (Lipinski definition) is 3. The molecule has 0 unspecified atom stereocenters. The van der Waals surface area contributed by atoms with Crippen molar-refractivity contribution in [2.75, 3.05) is 0 Å². The predicted octanol–water partition coefficient (Wildman–Crippen LogP) is -1.66. The van der Waals surface area contributed by atoms with Crippen molar-refractivity contribution in [1.29, 1.82) is 0 Å². The van der Waals surface area contributed by atoms with Crippen LogP contribution in [-0.4, -0.2) is 32.4 Å². The van der Waals surface area contributed by atoms with E-state index in [1.54, 1.807) is 0 Å². The zero-order valence-electron chi connectivity index (χ0n) is 3.14. The van der Waals surface area contributed by atoms with E-state index in [2.05, 4.69) is 0 Å². The molecule has 30 valence electrons. The Morgan fingerprint density at radius 3 is 0.833 bits per heavy atom. The maximum absolute atomic E-state index is 8.34. The third kappa shape index (κ3) is 55.6. The van der Waals surface area contributed by atoms with Crippen LogP contribution in [0.3, 0.4) is 0 Å². The van der Waals surface area contributed by atoms with Gasteiger partial charge in [0.25, 0.3) is 0 Å². The molecule has 0 amide bonds. The molecule has 0 radical (unpaired) electrons. The van der Waals surface area contributed by atoms with E-state index in [0.29, 0.717) is 57.2 Å². The zero-order valence-corrected chi connectivity index (χ0v) is 8.43. The van der Waals surface area contributed by atoms with E-state index in [1.807, 2.05) is 0 Å². The van der Waals surface area contributed by atoms with Gasteiger partial charge in [0.05, 0.1) is 0 Å². The first-order chi connectivity index (χ1) is 3.00. The van der Waals surface area contributed by atoms with Crippen molar-refractivity contribution in [3.63, 3.8) is 0 Å². The van der Waals surface area contributed by atoms with Gasteiger partial charge in [0.15, 0.2) is 0 Å². The molecule has 0 atom stereocenters. The average molecular weight is 195 g/mol. The van der Waals surface area contributed by atoms with Crippen LogP contribution < -0.4 is 0 Å². The van der Waals surface area contributed by atoms with Crippen molar-refractivity contribution in [3.8, 4) is 0 Å². The van der Waals surface area contributed by atoms with Crippen LogP contribution in [0, 0.1) is 0 Å². The summed E-state index contributed by atoms with van der Waals surface area (Å²) in [6.45, 7) is 0. The van der Waals surface area contributed by atoms with Gasteiger partial charge in [-0.3, -0.25) is 0 Å². The summed E-state index contributed by atoms with van der Waals surface area (Å²) in [4.78, 5) is 0. The van der Waals surface area contributed by atoms with E-state index < -0.39 is 0 Å². The second-order valence-corrected chi connectivity index (χ2v) is 0. The summed E-state index contributed by atoms with van der Waals surface area (Å²) in [6.07, 6.45) is 0. The third-order valence-electron chi connectivity index (χ3n) is 0. The Labute approximate surface area is 67.0 Å². The fourth-order valence-electron chi connectivity index (χ4n) is 0. The van der Waals surface area contributed by atoms with Crippen LogP contribution in [0.2, 0.25) is 0 Å². The van der Waals surface area contributed by atoms with Crippen LogP contribution in [0.5, 0.6) is 0 Å². The van der Waals surface area contributed by atoms with Gasteiger partial charge < -0.3 is 0 Å². The first kappa shape index (κ1) is 15.7. The van der Waals surface area contributed by atoms with Crippen LogP contribution in [0.15, 0.2) is 0 Å². The van der Waals surface area contributed by atoms with Gasteiger partial charge in [-0.15, -0.1) is 0 Å². The molecule has 0 saturated heterocycles. The quantitative estimate of drug-likeness (QED) is 0.435. The van der Waals surface area contributed by atoms with Crippen molar-refractivity contribution < 1.29 is 35.1 Å². The SMILES string of the molecule is [O]=[AlH].[O]=[AlH].[O]=[Zr]. The first-order valence-electron chi connectivity index (χ1n) is 0.781. The van der Waals surface area contributed by atoms with Gasteiger partial charge in [0, 0.05) is 0 Å². The van der Waals surface area contributed by atoms with Crippen LogP contribution in [0.1, 0.15) is 0 Å². The molecule has 0 aliphatic carbocycles. The second kappa shape index (κ2) is 99.9. The van der Waals surface area contributed by atoms with Gasteiger partial charge in [-0.25, -0.2) is 0 Å². The molecule has 0 aromatic rings. The maximum atomic E-state index is 8.34. The predicted molar refractivity (Wildman–Crippen MR) is 16.4 cm³/mol. The molecule has 0 rings (SSSR count). The summed E-state index contributed by atoms with van der Waals surface area (Å²) in [6, 6.07) is 0. The zero-order chi connectivity index (χ0) is 6.00. The Bertz CT molecular complexity index is 13.5. The molecule has 6 heteroatoms. The molecular formula is H2Al2O3Zr. The fourth-order valence-corrected chi connectivity index (χ4v) is 0. The van der Waals surface area contributed by atoms with Crippen molar-refractivity contribution in [3.05, 3.63) is 0 Å². The van der Waals surface area contributed by atoms with E-state index in [4.69, 9.17) is 10.4 Å². The number of rotatable bonds is 0. The molecular weight excluding hydrogens is 193 g/mol. The minimum atomic E-state index is 0.300. The second-order valence-electron chi connectivity index (χ2n) is 0. The van der Waals surface area contributed by atoms with E-state index in [0.717, 1.165) is 0 Å². The Morgan fingerprint density at radius 2 is 0.833 bits per heavy atom. The Hall–Kier alpha value is 1.35. The van der Waals surface area contributed by atoms with Gasteiger partial charge in [-0.05, 0) is 0 Å². The van der Waals surface area contributed by atoms with Gasteiger partial charge >= 0.3 is 67.6 Å². The van der Waals surface area contributed by atoms with Gasteiger partial charge in [-0.2, -0.15) is 0 Å². The molecule has 0 saturated carbocycles. The van der Waals surface area contributed by atoms with Crippen molar-refractivity contribution in [1.82, 2.24) is 0 Å². The van der Waals surface area contributed by atoms with E-state index >= 15 is 0 Å². The molecule has 0 aromatic carbocycles. The van der Waals surface area contributed by atoms with Crippen LogP contribution in [-0.2, 0) is 35.1 Å². The standard InChI is InChI=1S/2Al.3O.Zr.2H. The molecule has 0 aliphatic rings. The molecule has 0 fully saturated rings. The van der Waals surface area contributed by atoms with Gasteiger partial charge in [-0.1, -0.05) is 0 Å². The molecule has 0 N–H and O–H groups in total. The summed E-state index contributed by atoms with van der Waals surface area (Å²) in [5.74, 6) is 0. The average Bonchev–Trinajstić information content (AvgIpc) is 1.81. The topological polar surface area (TPSA) is 51.2 Å². The van der Waals surface area contributed by atoms with Crippen molar-refractivity contribution in [2.45, 2.75) is 0 Å². The molecule has 0 heterocycles. The Kier molecular flexibility index (Phi) is 261. The summed E-state index contributed by atoms with van der Waals surface area (Å²) in [5.41, 5.74) is 0. The van der Waals surface area contributed by atoms with Crippen LogP contribution >= 0.6 is 0 Å². The monoisotopic (exact) mass is 194 g/mol. The van der Waals surface area contributed by atoms with Crippen LogP contribution in [0.4, 0.5) is 0 Å². The first-order valence-corrected chi connectivity index (χ1v) is 2.94. The molecule has 6 heavy (non-hydrogen) atoms. The summed E-state index contributed by atoms with van der Waals surface area (Å²) in [7, 11) is 0.